The van der Waals surface area contributed by atoms with Gasteiger partial charge in [-0.3, -0.25) is 9.59 Å². The number of hydrogen-bond acceptors (Lipinski definition) is 5. The Bertz CT molecular complexity index is 1070. The zero-order chi connectivity index (χ0) is 21.7. The van der Waals surface area contributed by atoms with E-state index in [2.05, 4.69) is 10.6 Å². The Morgan fingerprint density at radius 2 is 1.67 bits per heavy atom. The third kappa shape index (κ3) is 5.06. The van der Waals surface area contributed by atoms with Crippen LogP contribution in [-0.4, -0.2) is 23.9 Å². The maximum atomic E-state index is 13.7. The average Bonchev–Trinajstić information content (AvgIpc) is 3.26. The molecule has 2 amide bonds. The number of rotatable bonds is 6. The van der Waals surface area contributed by atoms with Crippen molar-refractivity contribution in [3.8, 4) is 0 Å². The van der Waals surface area contributed by atoms with E-state index < -0.39 is 35.3 Å². The summed E-state index contributed by atoms with van der Waals surface area (Å²) in [6.07, 6.45) is -1.32. The van der Waals surface area contributed by atoms with Crippen LogP contribution in [0.3, 0.4) is 0 Å². The molecule has 1 atom stereocenters. The second-order valence-corrected chi connectivity index (χ2v) is 7.09. The van der Waals surface area contributed by atoms with E-state index in [1.54, 1.807) is 29.6 Å². The first-order valence-electron chi connectivity index (χ1n) is 8.76. The highest BCUT2D eigenvalue weighted by Gasteiger charge is 2.22. The summed E-state index contributed by atoms with van der Waals surface area (Å²) in [5.74, 6) is -3.95. The Hall–Kier alpha value is -3.59. The molecular weight excluding hydrogens is 414 g/mol. The number of halogens is 2. The second kappa shape index (κ2) is 9.27. The van der Waals surface area contributed by atoms with Gasteiger partial charge in [0.05, 0.1) is 10.4 Å². The minimum atomic E-state index is -1.32. The summed E-state index contributed by atoms with van der Waals surface area (Å²) in [4.78, 5) is 37.1. The van der Waals surface area contributed by atoms with Gasteiger partial charge in [-0.2, -0.15) is 0 Å². The molecule has 0 aliphatic rings. The van der Waals surface area contributed by atoms with Gasteiger partial charge in [-0.05, 0) is 48.7 Å². The summed E-state index contributed by atoms with van der Waals surface area (Å²) in [5.41, 5.74) is -0.159. The molecule has 1 unspecified atom stereocenters. The number of thiophene rings is 1. The quantitative estimate of drug-likeness (QED) is 0.566. The molecule has 0 fully saturated rings. The highest BCUT2D eigenvalue weighted by atomic mass is 32.1. The molecule has 0 bridgehead atoms. The molecular formula is C21H16F2N2O4S. The van der Waals surface area contributed by atoms with Crippen LogP contribution in [0.1, 0.15) is 27.0 Å². The summed E-state index contributed by atoms with van der Waals surface area (Å²) in [7, 11) is 0. The molecule has 0 aliphatic heterocycles. The molecule has 3 rings (SSSR count). The van der Waals surface area contributed by atoms with E-state index >= 15 is 0 Å². The average molecular weight is 430 g/mol. The predicted octanol–water partition coefficient (Wildman–Crippen LogP) is 4.46. The number of anilines is 2. The lowest BCUT2D eigenvalue weighted by molar-refractivity contribution is -0.123. The Labute approximate surface area is 174 Å². The lowest BCUT2D eigenvalue weighted by atomic mass is 10.2. The Morgan fingerprint density at radius 3 is 2.33 bits per heavy atom. The number of para-hydroxylation sites is 1. The normalized spacial score (nSPS) is 11.4. The Kier molecular flexibility index (Phi) is 6.53. The summed E-state index contributed by atoms with van der Waals surface area (Å²) in [5, 5.41) is 6.49. The van der Waals surface area contributed by atoms with Crippen LogP contribution in [-0.2, 0) is 9.53 Å². The molecule has 30 heavy (non-hydrogen) atoms. The first-order valence-corrected chi connectivity index (χ1v) is 9.64. The van der Waals surface area contributed by atoms with Crippen molar-refractivity contribution < 1.29 is 27.9 Å². The van der Waals surface area contributed by atoms with Gasteiger partial charge in [0, 0.05) is 5.69 Å². The van der Waals surface area contributed by atoms with Crippen LogP contribution in [0.2, 0.25) is 0 Å². The van der Waals surface area contributed by atoms with Crippen LogP contribution in [0, 0.1) is 11.6 Å². The van der Waals surface area contributed by atoms with Crippen molar-refractivity contribution in [2.75, 3.05) is 10.6 Å². The molecule has 0 aliphatic carbocycles. The first kappa shape index (κ1) is 21.1. The zero-order valence-electron chi connectivity index (χ0n) is 15.6. The molecule has 1 aromatic heterocycles. The van der Waals surface area contributed by atoms with Gasteiger partial charge in [0.25, 0.3) is 11.8 Å². The van der Waals surface area contributed by atoms with Gasteiger partial charge in [-0.15, -0.1) is 11.3 Å². The number of amides is 2. The fourth-order valence-electron chi connectivity index (χ4n) is 2.45. The van der Waals surface area contributed by atoms with Crippen LogP contribution >= 0.6 is 11.3 Å². The lowest BCUT2D eigenvalue weighted by Crippen LogP contribution is -2.30. The molecule has 154 valence electrons. The number of nitrogens with one attached hydrogen (secondary N) is 2. The van der Waals surface area contributed by atoms with Crippen molar-refractivity contribution >= 4 is 40.5 Å². The molecule has 0 saturated heterocycles. The number of ether oxygens (including phenoxy) is 1. The van der Waals surface area contributed by atoms with Crippen molar-refractivity contribution in [3.63, 3.8) is 0 Å². The first-order chi connectivity index (χ1) is 14.3. The van der Waals surface area contributed by atoms with Gasteiger partial charge in [-0.25, -0.2) is 13.6 Å². The van der Waals surface area contributed by atoms with Crippen LogP contribution in [0.4, 0.5) is 20.2 Å². The highest BCUT2D eigenvalue weighted by Crippen LogP contribution is 2.19. The van der Waals surface area contributed by atoms with Gasteiger partial charge >= 0.3 is 5.97 Å². The molecule has 9 heteroatoms. The summed E-state index contributed by atoms with van der Waals surface area (Å²) >= 11 is 1.27. The molecule has 0 radical (unpaired) electrons. The number of hydrogen-bond donors (Lipinski definition) is 2. The number of benzene rings is 2. The Morgan fingerprint density at radius 1 is 0.967 bits per heavy atom. The molecule has 2 aromatic carbocycles. The van der Waals surface area contributed by atoms with Crippen molar-refractivity contribution in [1.29, 1.82) is 0 Å². The zero-order valence-corrected chi connectivity index (χ0v) is 16.5. The highest BCUT2D eigenvalue weighted by molar-refractivity contribution is 7.12. The predicted molar refractivity (Wildman–Crippen MR) is 109 cm³/mol. The molecule has 1 heterocycles. The third-order valence-corrected chi connectivity index (χ3v) is 4.83. The van der Waals surface area contributed by atoms with E-state index in [0.29, 0.717) is 10.6 Å². The van der Waals surface area contributed by atoms with Crippen molar-refractivity contribution in [1.82, 2.24) is 0 Å². The van der Waals surface area contributed by atoms with Crippen LogP contribution in [0.25, 0.3) is 0 Å². The third-order valence-electron chi connectivity index (χ3n) is 3.97. The fourth-order valence-corrected chi connectivity index (χ4v) is 3.07. The van der Waals surface area contributed by atoms with E-state index in [4.69, 9.17) is 4.74 Å². The molecule has 6 nitrogen and oxygen atoms in total. The monoisotopic (exact) mass is 430 g/mol. The summed E-state index contributed by atoms with van der Waals surface area (Å²) < 4.78 is 32.4. The van der Waals surface area contributed by atoms with Crippen molar-refractivity contribution in [2.24, 2.45) is 0 Å². The fraction of sp³-hybridized carbons (Fsp3) is 0.0952. The number of carbonyl (C=O) groups is 3. The SMILES string of the molecule is CC(OC(=O)c1cccc(NC(=O)c2cccs2)c1)C(=O)Nc1c(F)cccc1F. The standard InChI is InChI=1S/C21H16F2N2O4S/c1-12(19(26)25-18-15(22)7-3-8-16(18)23)29-21(28)13-5-2-6-14(11-13)24-20(27)17-9-4-10-30-17/h2-12H,1H3,(H,24,27)(H,25,26). The molecule has 0 spiro atoms. The van der Waals surface area contributed by atoms with E-state index in [9.17, 15) is 23.2 Å². The van der Waals surface area contributed by atoms with Gasteiger partial charge in [0.15, 0.2) is 6.10 Å². The minimum Gasteiger partial charge on any atom is -0.449 e. The van der Waals surface area contributed by atoms with Crippen LogP contribution in [0.15, 0.2) is 60.0 Å². The second-order valence-electron chi connectivity index (χ2n) is 6.15. The number of carbonyl (C=O) groups excluding carboxylic acids is 3. The maximum absolute atomic E-state index is 13.7. The maximum Gasteiger partial charge on any atom is 0.338 e. The van der Waals surface area contributed by atoms with Crippen molar-refractivity contribution in [2.45, 2.75) is 13.0 Å². The lowest BCUT2D eigenvalue weighted by Gasteiger charge is -2.14. The summed E-state index contributed by atoms with van der Waals surface area (Å²) in [6, 6.07) is 12.5. The van der Waals surface area contributed by atoms with E-state index in [1.807, 2.05) is 0 Å². The van der Waals surface area contributed by atoms with E-state index in [0.717, 1.165) is 18.2 Å². The van der Waals surface area contributed by atoms with Gasteiger partial charge in [0.1, 0.15) is 17.3 Å². The molecule has 0 saturated carbocycles. The van der Waals surface area contributed by atoms with Crippen LogP contribution < -0.4 is 10.6 Å². The van der Waals surface area contributed by atoms with Gasteiger partial charge in [-0.1, -0.05) is 18.2 Å². The largest absolute Gasteiger partial charge is 0.449 e. The summed E-state index contributed by atoms with van der Waals surface area (Å²) in [6.45, 7) is 1.27. The Balaban J connectivity index is 1.63. The van der Waals surface area contributed by atoms with Crippen molar-refractivity contribution in [3.05, 3.63) is 82.1 Å². The molecule has 2 N–H and O–H groups in total. The smallest absolute Gasteiger partial charge is 0.338 e. The van der Waals surface area contributed by atoms with Crippen LogP contribution in [0.5, 0.6) is 0 Å². The van der Waals surface area contributed by atoms with Gasteiger partial charge in [0.2, 0.25) is 0 Å². The minimum absolute atomic E-state index is 0.0932. The van der Waals surface area contributed by atoms with Gasteiger partial charge < -0.3 is 15.4 Å². The topological polar surface area (TPSA) is 84.5 Å². The molecule has 3 aromatic rings. The number of esters is 1. The van der Waals surface area contributed by atoms with E-state index in [1.165, 1.54) is 30.4 Å². The van der Waals surface area contributed by atoms with E-state index in [-0.39, 0.29) is 11.5 Å².